The van der Waals surface area contributed by atoms with Crippen LogP contribution in [0.3, 0.4) is 0 Å². The van der Waals surface area contributed by atoms with Gasteiger partial charge in [0, 0.05) is 22.3 Å². The van der Waals surface area contributed by atoms with Crippen molar-refractivity contribution >= 4 is 34.4 Å². The number of halogens is 1. The lowest BCUT2D eigenvalue weighted by atomic mass is 9.71. The standard InChI is InChI=1S/C17H23IN2O2/c1-16(2,3)17-9-8-14(20(17)15(21)22)10-19(11-17)13-6-4-12(18)5-7-13/h4-7,14H,8-11H2,1-3H3,(H,21,22). The van der Waals surface area contributed by atoms with E-state index in [9.17, 15) is 9.90 Å². The minimum absolute atomic E-state index is 0.0813. The lowest BCUT2D eigenvalue weighted by molar-refractivity contribution is 0.00544. The van der Waals surface area contributed by atoms with Crippen molar-refractivity contribution in [2.75, 3.05) is 18.0 Å². The van der Waals surface area contributed by atoms with Crippen LogP contribution in [0.1, 0.15) is 33.6 Å². The van der Waals surface area contributed by atoms with Gasteiger partial charge in [-0.3, -0.25) is 4.90 Å². The van der Waals surface area contributed by atoms with Gasteiger partial charge < -0.3 is 10.0 Å². The van der Waals surface area contributed by atoms with Gasteiger partial charge in [0.15, 0.2) is 0 Å². The van der Waals surface area contributed by atoms with Crippen LogP contribution in [-0.4, -0.2) is 40.8 Å². The Hall–Kier alpha value is -0.980. The summed E-state index contributed by atoms with van der Waals surface area (Å²) in [6, 6.07) is 8.63. The van der Waals surface area contributed by atoms with Crippen molar-refractivity contribution in [2.24, 2.45) is 5.41 Å². The van der Waals surface area contributed by atoms with Crippen LogP contribution >= 0.6 is 22.6 Å². The van der Waals surface area contributed by atoms with Crippen LogP contribution in [0.4, 0.5) is 10.5 Å². The maximum absolute atomic E-state index is 11.9. The molecule has 5 heteroatoms. The molecule has 120 valence electrons. The van der Waals surface area contributed by atoms with Crippen molar-refractivity contribution in [2.45, 2.75) is 45.2 Å². The second-order valence-electron chi connectivity index (χ2n) is 7.48. The van der Waals surface area contributed by atoms with E-state index in [2.05, 4.69) is 72.5 Å². The molecular weight excluding hydrogens is 391 g/mol. The first-order valence-corrected chi connectivity index (χ1v) is 8.85. The molecule has 1 aromatic carbocycles. The third-order valence-electron chi connectivity index (χ3n) is 5.39. The maximum atomic E-state index is 11.9. The van der Waals surface area contributed by atoms with Crippen molar-refractivity contribution in [3.05, 3.63) is 27.8 Å². The highest BCUT2D eigenvalue weighted by Crippen LogP contribution is 2.50. The zero-order valence-corrected chi connectivity index (χ0v) is 15.5. The Morgan fingerprint density at radius 3 is 2.50 bits per heavy atom. The Kier molecular flexibility index (Phi) is 3.82. The van der Waals surface area contributed by atoms with Gasteiger partial charge in [-0.2, -0.15) is 0 Å². The highest BCUT2D eigenvalue weighted by Gasteiger charge is 2.59. The minimum Gasteiger partial charge on any atom is -0.465 e. The Labute approximate surface area is 145 Å². The Balaban J connectivity index is 1.98. The first-order chi connectivity index (χ1) is 10.2. The molecule has 0 aromatic heterocycles. The van der Waals surface area contributed by atoms with E-state index in [1.54, 1.807) is 4.90 Å². The fraction of sp³-hybridized carbons (Fsp3) is 0.588. The number of hydrogen-bond donors (Lipinski definition) is 1. The largest absolute Gasteiger partial charge is 0.465 e. The summed E-state index contributed by atoms with van der Waals surface area (Å²) in [6.45, 7) is 8.08. The molecule has 2 aliphatic rings. The first-order valence-electron chi connectivity index (χ1n) is 7.77. The summed E-state index contributed by atoms with van der Waals surface area (Å²) in [5.74, 6) is 0. The summed E-state index contributed by atoms with van der Waals surface area (Å²) in [5, 5.41) is 9.75. The van der Waals surface area contributed by atoms with Crippen molar-refractivity contribution in [3.8, 4) is 0 Å². The molecule has 1 amide bonds. The average Bonchev–Trinajstić information content (AvgIpc) is 2.68. The van der Waals surface area contributed by atoms with E-state index in [1.807, 2.05) is 0 Å². The number of hydrogen-bond acceptors (Lipinski definition) is 2. The molecule has 0 spiro atoms. The Morgan fingerprint density at radius 2 is 1.95 bits per heavy atom. The predicted molar refractivity (Wildman–Crippen MR) is 96.4 cm³/mol. The van der Waals surface area contributed by atoms with E-state index in [0.29, 0.717) is 0 Å². The third kappa shape index (κ3) is 2.37. The monoisotopic (exact) mass is 414 g/mol. The van der Waals surface area contributed by atoms with Crippen molar-refractivity contribution < 1.29 is 9.90 Å². The fourth-order valence-electron chi connectivity index (χ4n) is 4.13. The Bertz CT molecular complexity index is 581. The van der Waals surface area contributed by atoms with Crippen molar-refractivity contribution in [1.29, 1.82) is 0 Å². The number of piperazine rings is 1. The van der Waals surface area contributed by atoms with Crippen LogP contribution in [0.15, 0.2) is 24.3 Å². The summed E-state index contributed by atoms with van der Waals surface area (Å²) >= 11 is 2.31. The van der Waals surface area contributed by atoms with Crippen molar-refractivity contribution in [1.82, 2.24) is 4.90 Å². The predicted octanol–water partition coefficient (Wildman–Crippen LogP) is 4.04. The minimum atomic E-state index is -0.764. The number of rotatable bonds is 1. The van der Waals surface area contributed by atoms with Crippen LogP contribution in [0.2, 0.25) is 0 Å². The molecule has 2 bridgehead atoms. The zero-order valence-electron chi connectivity index (χ0n) is 13.3. The average molecular weight is 414 g/mol. The molecule has 1 N–H and O–H groups in total. The van der Waals surface area contributed by atoms with Crippen LogP contribution in [0.25, 0.3) is 0 Å². The van der Waals surface area contributed by atoms with Crippen LogP contribution < -0.4 is 4.90 Å². The summed E-state index contributed by atoms with van der Waals surface area (Å²) in [4.78, 5) is 16.0. The van der Waals surface area contributed by atoms with Gasteiger partial charge in [-0.15, -0.1) is 0 Å². The zero-order chi connectivity index (χ0) is 16.1. The normalized spacial score (nSPS) is 28.1. The number of carboxylic acid groups (broad SMARTS) is 1. The number of benzene rings is 1. The molecule has 2 unspecified atom stereocenters. The van der Waals surface area contributed by atoms with E-state index in [0.717, 1.165) is 25.9 Å². The third-order valence-corrected chi connectivity index (χ3v) is 6.11. The van der Waals surface area contributed by atoms with Gasteiger partial charge in [-0.05, 0) is 65.1 Å². The quantitative estimate of drug-likeness (QED) is 0.706. The first kappa shape index (κ1) is 15.9. The summed E-state index contributed by atoms with van der Waals surface area (Å²) in [6.07, 6.45) is 1.15. The van der Waals surface area contributed by atoms with E-state index in [4.69, 9.17) is 0 Å². The topological polar surface area (TPSA) is 43.8 Å². The molecule has 2 aliphatic heterocycles. The van der Waals surface area contributed by atoms with Crippen molar-refractivity contribution in [3.63, 3.8) is 0 Å². The highest BCUT2D eigenvalue weighted by molar-refractivity contribution is 14.1. The smallest absolute Gasteiger partial charge is 0.408 e. The van der Waals surface area contributed by atoms with E-state index < -0.39 is 6.09 Å². The summed E-state index contributed by atoms with van der Waals surface area (Å²) in [5.41, 5.74) is 0.818. The van der Waals surface area contributed by atoms with Crippen LogP contribution in [0.5, 0.6) is 0 Å². The van der Waals surface area contributed by atoms with Crippen LogP contribution in [0, 0.1) is 8.99 Å². The summed E-state index contributed by atoms with van der Waals surface area (Å²) in [7, 11) is 0. The number of fused-ring (bicyclic) bond motifs is 2. The number of amides is 1. The lowest BCUT2D eigenvalue weighted by Gasteiger charge is -2.54. The van der Waals surface area contributed by atoms with Gasteiger partial charge in [-0.25, -0.2) is 4.79 Å². The van der Waals surface area contributed by atoms with Gasteiger partial charge in [0.2, 0.25) is 0 Å². The molecular formula is C17H23IN2O2. The van der Waals surface area contributed by atoms with E-state index in [1.165, 1.54) is 9.26 Å². The molecule has 1 aromatic rings. The molecule has 22 heavy (non-hydrogen) atoms. The van der Waals surface area contributed by atoms with Crippen LogP contribution in [-0.2, 0) is 0 Å². The molecule has 2 saturated heterocycles. The fourth-order valence-corrected chi connectivity index (χ4v) is 4.49. The van der Waals surface area contributed by atoms with Gasteiger partial charge in [0.25, 0.3) is 0 Å². The second-order valence-corrected chi connectivity index (χ2v) is 8.73. The molecule has 2 atom stereocenters. The van der Waals surface area contributed by atoms with E-state index >= 15 is 0 Å². The van der Waals surface area contributed by atoms with E-state index in [-0.39, 0.29) is 17.0 Å². The highest BCUT2D eigenvalue weighted by atomic mass is 127. The lowest BCUT2D eigenvalue weighted by Crippen LogP contribution is -2.68. The molecule has 3 rings (SSSR count). The molecule has 2 heterocycles. The molecule has 2 fully saturated rings. The molecule has 0 radical (unpaired) electrons. The maximum Gasteiger partial charge on any atom is 0.408 e. The Morgan fingerprint density at radius 1 is 1.32 bits per heavy atom. The van der Waals surface area contributed by atoms with Gasteiger partial charge >= 0.3 is 6.09 Å². The SMILES string of the molecule is CC(C)(C)C12CCC(CN(c3ccc(I)cc3)C1)N2C(=O)O. The molecule has 0 aliphatic carbocycles. The number of anilines is 1. The number of nitrogens with zero attached hydrogens (tertiary/aromatic N) is 2. The second kappa shape index (κ2) is 5.28. The molecule has 4 nitrogen and oxygen atoms in total. The molecule has 0 saturated carbocycles. The summed E-state index contributed by atoms with van der Waals surface area (Å²) < 4.78 is 1.22. The number of carbonyl (C=O) groups is 1. The van der Waals surface area contributed by atoms with Gasteiger partial charge in [0.05, 0.1) is 11.6 Å². The van der Waals surface area contributed by atoms with Gasteiger partial charge in [-0.1, -0.05) is 20.8 Å². The van der Waals surface area contributed by atoms with Gasteiger partial charge in [0.1, 0.15) is 0 Å².